The van der Waals surface area contributed by atoms with E-state index in [1.807, 2.05) is 0 Å². The van der Waals surface area contributed by atoms with E-state index in [4.69, 9.17) is 9.47 Å². The van der Waals surface area contributed by atoms with E-state index in [9.17, 15) is 44.7 Å². The first kappa shape index (κ1) is 38.0. The highest BCUT2D eigenvalue weighted by atomic mass is 32.1. The van der Waals surface area contributed by atoms with Gasteiger partial charge in [0.15, 0.2) is 13.2 Å². The van der Waals surface area contributed by atoms with Crippen LogP contribution in [0.25, 0.3) is 0 Å². The second kappa shape index (κ2) is 16.1. The Morgan fingerprint density at radius 3 is 1.19 bits per heavy atom. The average Bonchev–Trinajstić information content (AvgIpc) is 3.68. The number of aromatic nitrogens is 4. The summed E-state index contributed by atoms with van der Waals surface area (Å²) in [6, 6.07) is 10.0. The fourth-order valence-electron chi connectivity index (χ4n) is 3.81. The number of anilines is 2. The Morgan fingerprint density at radius 1 is 0.625 bits per heavy atom. The lowest BCUT2D eigenvalue weighted by Gasteiger charge is -2.26. The smallest absolute Gasteiger partial charge is 0.445 e. The number of alkyl halides is 6. The molecule has 0 spiro atoms. The number of carbonyl (C=O) groups excluding carboxylic acids is 2. The van der Waals surface area contributed by atoms with Crippen LogP contribution in [0.15, 0.2) is 48.5 Å². The van der Waals surface area contributed by atoms with Gasteiger partial charge in [-0.3, -0.25) is 9.59 Å². The third-order valence-corrected chi connectivity index (χ3v) is 7.48. The van der Waals surface area contributed by atoms with Crippen LogP contribution >= 0.6 is 22.7 Å². The van der Waals surface area contributed by atoms with Crippen molar-refractivity contribution in [2.45, 2.75) is 52.1 Å². The first-order valence-electron chi connectivity index (χ1n) is 13.6. The molecule has 0 saturated carbocycles. The Balaban J connectivity index is 0.000000260. The maximum Gasteiger partial charge on any atom is 0.445 e. The summed E-state index contributed by atoms with van der Waals surface area (Å²) in [5.41, 5.74) is 0.904. The molecule has 0 aliphatic rings. The van der Waals surface area contributed by atoms with Crippen LogP contribution in [0.1, 0.15) is 37.7 Å². The lowest BCUT2D eigenvalue weighted by atomic mass is 10.2. The molecule has 20 heteroatoms. The van der Waals surface area contributed by atoms with Gasteiger partial charge in [0, 0.05) is 23.5 Å². The molecule has 0 atom stereocenters. The number of carbonyl (C=O) groups is 2. The zero-order valence-electron chi connectivity index (χ0n) is 25.3. The number of hydrogen-bond donors (Lipinski definition) is 0. The topological polar surface area (TPSA) is 111 Å². The molecule has 0 fully saturated rings. The molecule has 2 heterocycles. The third kappa shape index (κ3) is 10.8. The van der Waals surface area contributed by atoms with E-state index in [-0.39, 0.29) is 45.1 Å². The van der Waals surface area contributed by atoms with Gasteiger partial charge in [-0.2, -0.15) is 26.3 Å². The minimum absolute atomic E-state index is 0.210. The number of nitrogens with zero attached hydrogens (tertiary/aromatic N) is 6. The van der Waals surface area contributed by atoms with Crippen LogP contribution < -0.4 is 19.3 Å². The van der Waals surface area contributed by atoms with Crippen molar-refractivity contribution in [3.8, 4) is 10.4 Å². The SMILES string of the molecule is CC(C)N(C(=O)COc1nnc(C(F)(F)F)s1)c1ccc(F)cc1.CC(C)N(C(=O)COc1nnc(C(F)(F)F)s1)c1ccc(F)cc1. The van der Waals surface area contributed by atoms with Gasteiger partial charge < -0.3 is 19.3 Å². The molecule has 0 aliphatic heterocycles. The molecule has 10 nitrogen and oxygen atoms in total. The minimum atomic E-state index is -4.61. The molecule has 0 N–H and O–H groups in total. The van der Waals surface area contributed by atoms with E-state index in [2.05, 4.69) is 20.4 Å². The molecule has 2 aromatic carbocycles. The van der Waals surface area contributed by atoms with Gasteiger partial charge in [-0.15, -0.1) is 10.2 Å². The Bertz CT molecular complexity index is 1520. The van der Waals surface area contributed by atoms with Crippen LogP contribution in [0, 0.1) is 11.6 Å². The van der Waals surface area contributed by atoms with Gasteiger partial charge in [0.05, 0.1) is 0 Å². The van der Waals surface area contributed by atoms with Crippen LogP contribution in [-0.4, -0.2) is 57.5 Å². The number of amides is 2. The van der Waals surface area contributed by atoms with Gasteiger partial charge in [-0.1, -0.05) is 32.9 Å². The van der Waals surface area contributed by atoms with E-state index in [0.717, 1.165) is 0 Å². The second-order valence-electron chi connectivity index (χ2n) is 9.99. The number of ether oxygens (including phenoxy) is 2. The van der Waals surface area contributed by atoms with E-state index < -0.39 is 59.0 Å². The summed E-state index contributed by atoms with van der Waals surface area (Å²) in [6.45, 7) is 5.95. The zero-order chi connectivity index (χ0) is 35.8. The Kier molecular flexibility index (Phi) is 12.7. The molecule has 4 aromatic rings. The third-order valence-electron chi connectivity index (χ3n) is 5.72. The maximum atomic E-state index is 13.0. The van der Waals surface area contributed by atoms with Crippen molar-refractivity contribution in [2.24, 2.45) is 0 Å². The highest BCUT2D eigenvalue weighted by molar-refractivity contribution is 7.13. The quantitative estimate of drug-likeness (QED) is 0.160. The van der Waals surface area contributed by atoms with Gasteiger partial charge >= 0.3 is 12.4 Å². The predicted molar refractivity (Wildman–Crippen MR) is 159 cm³/mol. The first-order valence-corrected chi connectivity index (χ1v) is 15.2. The fraction of sp³-hybridized carbons (Fsp3) is 0.357. The molecular weight excluding hydrogens is 700 g/mol. The molecule has 0 unspecified atom stereocenters. The van der Waals surface area contributed by atoms with Crippen molar-refractivity contribution in [1.82, 2.24) is 20.4 Å². The minimum Gasteiger partial charge on any atom is -0.459 e. The van der Waals surface area contributed by atoms with E-state index in [1.54, 1.807) is 27.7 Å². The van der Waals surface area contributed by atoms with Crippen molar-refractivity contribution in [3.63, 3.8) is 0 Å². The zero-order valence-corrected chi connectivity index (χ0v) is 27.0. The van der Waals surface area contributed by atoms with E-state index in [1.165, 1.54) is 58.3 Å². The molecule has 0 saturated heterocycles. The number of benzene rings is 2. The molecule has 2 aromatic heterocycles. The van der Waals surface area contributed by atoms with Gasteiger partial charge in [0.1, 0.15) is 11.6 Å². The van der Waals surface area contributed by atoms with Crippen LogP contribution in [0.4, 0.5) is 46.5 Å². The summed E-state index contributed by atoms with van der Waals surface area (Å²) in [7, 11) is 0. The summed E-state index contributed by atoms with van der Waals surface area (Å²) < 4.78 is 111. The Hall–Kier alpha value is -4.46. The lowest BCUT2D eigenvalue weighted by molar-refractivity contribution is -0.138. The largest absolute Gasteiger partial charge is 0.459 e. The summed E-state index contributed by atoms with van der Waals surface area (Å²) in [4.78, 5) is 27.3. The number of hydrogen-bond acceptors (Lipinski definition) is 10. The predicted octanol–water partition coefficient (Wildman–Crippen LogP) is 7.03. The standard InChI is InChI=1S/2C14H13F4N3O2S/c2*1-8(2)21(10-5-3-9(15)4-6-10)11(22)7-23-13-20-19-12(24-13)14(16,17)18/h2*3-6,8H,7H2,1-2H3. The summed E-state index contributed by atoms with van der Waals surface area (Å²) >= 11 is 0.420. The van der Waals surface area contributed by atoms with Gasteiger partial charge in [0.2, 0.25) is 10.0 Å². The van der Waals surface area contributed by atoms with Crippen molar-refractivity contribution < 1.29 is 54.2 Å². The highest BCUT2D eigenvalue weighted by Gasteiger charge is 2.37. The monoisotopic (exact) mass is 726 g/mol. The van der Waals surface area contributed by atoms with Gasteiger partial charge in [-0.05, 0) is 76.2 Å². The normalized spacial score (nSPS) is 11.6. The average molecular weight is 727 g/mol. The summed E-state index contributed by atoms with van der Waals surface area (Å²) in [6.07, 6.45) is -9.22. The summed E-state index contributed by atoms with van der Waals surface area (Å²) in [5, 5.41) is 9.43. The highest BCUT2D eigenvalue weighted by Crippen LogP contribution is 2.35. The van der Waals surface area contributed by atoms with E-state index in [0.29, 0.717) is 11.4 Å². The van der Waals surface area contributed by atoms with Crippen LogP contribution in [0.2, 0.25) is 0 Å². The number of rotatable bonds is 10. The Labute approximate surface area is 275 Å². The van der Waals surface area contributed by atoms with Gasteiger partial charge in [-0.25, -0.2) is 8.78 Å². The molecule has 4 rings (SSSR count). The fourth-order valence-corrected chi connectivity index (χ4v) is 4.94. The Morgan fingerprint density at radius 2 is 0.938 bits per heavy atom. The maximum absolute atomic E-state index is 13.0. The lowest BCUT2D eigenvalue weighted by Crippen LogP contribution is -2.40. The molecule has 2 amide bonds. The molecule has 0 bridgehead atoms. The molecule has 0 aliphatic carbocycles. The molecule has 260 valence electrons. The first-order chi connectivity index (χ1) is 22.4. The van der Waals surface area contributed by atoms with Crippen molar-refractivity contribution >= 4 is 45.9 Å². The van der Waals surface area contributed by atoms with Crippen molar-refractivity contribution in [2.75, 3.05) is 23.0 Å². The van der Waals surface area contributed by atoms with Crippen LogP contribution in [-0.2, 0) is 21.9 Å². The molecular formula is C28H26F8N6O4S2. The van der Waals surface area contributed by atoms with Crippen LogP contribution in [0.5, 0.6) is 10.4 Å². The van der Waals surface area contributed by atoms with Crippen molar-refractivity contribution in [1.29, 1.82) is 0 Å². The summed E-state index contributed by atoms with van der Waals surface area (Å²) in [5.74, 6) is -1.89. The second-order valence-corrected chi connectivity index (χ2v) is 11.9. The van der Waals surface area contributed by atoms with Crippen LogP contribution in [0.3, 0.4) is 0 Å². The number of halogens is 8. The molecule has 48 heavy (non-hydrogen) atoms. The van der Waals surface area contributed by atoms with Crippen molar-refractivity contribution in [3.05, 3.63) is 70.2 Å². The van der Waals surface area contributed by atoms with Gasteiger partial charge in [0.25, 0.3) is 22.2 Å². The molecule has 0 radical (unpaired) electrons. The van der Waals surface area contributed by atoms with E-state index >= 15 is 0 Å².